The number of rotatable bonds is 3. The SMILES string of the molecule is Cc1ccc2c3cc(-c4ccccc4)cc(-c4ccccc4)c3n(-c3ccccc3)c2c1. The van der Waals surface area contributed by atoms with E-state index in [1.54, 1.807) is 0 Å². The Balaban J connectivity index is 1.82. The Kier molecular flexibility index (Phi) is 4.40. The van der Waals surface area contributed by atoms with E-state index < -0.39 is 0 Å². The van der Waals surface area contributed by atoms with Gasteiger partial charge in [0.2, 0.25) is 0 Å². The fourth-order valence-corrected chi connectivity index (χ4v) is 4.74. The van der Waals surface area contributed by atoms with Crippen LogP contribution in [0.15, 0.2) is 121 Å². The van der Waals surface area contributed by atoms with Crippen molar-refractivity contribution in [2.24, 2.45) is 0 Å². The number of aromatic nitrogens is 1. The van der Waals surface area contributed by atoms with Crippen LogP contribution >= 0.6 is 0 Å². The van der Waals surface area contributed by atoms with Gasteiger partial charge >= 0.3 is 0 Å². The molecule has 0 atom stereocenters. The summed E-state index contributed by atoms with van der Waals surface area (Å²) in [6, 6.07) is 43.6. The third kappa shape index (κ3) is 3.02. The third-order valence-electron chi connectivity index (χ3n) is 6.22. The summed E-state index contributed by atoms with van der Waals surface area (Å²) in [6.45, 7) is 2.17. The van der Waals surface area contributed by atoms with E-state index in [0.717, 1.165) is 0 Å². The fraction of sp³-hybridized carbons (Fsp3) is 0.0323. The first-order chi connectivity index (χ1) is 15.8. The van der Waals surface area contributed by atoms with Gasteiger partial charge in [0.1, 0.15) is 0 Å². The number of hydrogen-bond acceptors (Lipinski definition) is 0. The first kappa shape index (κ1) is 18.7. The highest BCUT2D eigenvalue weighted by atomic mass is 15.0. The topological polar surface area (TPSA) is 4.93 Å². The van der Waals surface area contributed by atoms with Crippen molar-refractivity contribution in [3.05, 3.63) is 127 Å². The van der Waals surface area contributed by atoms with Gasteiger partial charge in [-0.1, -0.05) is 91.0 Å². The summed E-state index contributed by atoms with van der Waals surface area (Å²) in [5.74, 6) is 0. The normalized spacial score (nSPS) is 11.3. The average molecular weight is 410 g/mol. The molecular weight excluding hydrogens is 386 g/mol. The van der Waals surface area contributed by atoms with Gasteiger partial charge < -0.3 is 4.57 Å². The van der Waals surface area contributed by atoms with Crippen molar-refractivity contribution in [3.8, 4) is 27.9 Å². The standard InChI is InChI=1S/C31H23N/c1-22-17-18-27-29-21-25(23-11-5-2-6-12-23)20-28(24-13-7-3-8-14-24)31(29)32(30(27)19-22)26-15-9-4-10-16-26/h2-21H,1H3. The van der Waals surface area contributed by atoms with E-state index in [1.807, 2.05) is 0 Å². The molecule has 0 N–H and O–H groups in total. The molecule has 1 heterocycles. The van der Waals surface area contributed by atoms with E-state index in [1.165, 1.54) is 55.3 Å². The van der Waals surface area contributed by atoms with E-state index in [4.69, 9.17) is 0 Å². The molecule has 0 spiro atoms. The largest absolute Gasteiger partial charge is 0.309 e. The summed E-state index contributed by atoms with van der Waals surface area (Å²) in [7, 11) is 0. The van der Waals surface area contributed by atoms with Crippen LogP contribution in [-0.4, -0.2) is 4.57 Å². The van der Waals surface area contributed by atoms with Crippen LogP contribution in [0.5, 0.6) is 0 Å². The number of hydrogen-bond donors (Lipinski definition) is 0. The van der Waals surface area contributed by atoms with Crippen LogP contribution in [0.4, 0.5) is 0 Å². The van der Waals surface area contributed by atoms with Gasteiger partial charge in [-0.25, -0.2) is 0 Å². The van der Waals surface area contributed by atoms with Crippen LogP contribution < -0.4 is 0 Å². The lowest BCUT2D eigenvalue weighted by Gasteiger charge is -2.14. The molecule has 5 aromatic carbocycles. The lowest BCUT2D eigenvalue weighted by Crippen LogP contribution is -1.96. The maximum absolute atomic E-state index is 2.43. The molecule has 1 nitrogen and oxygen atoms in total. The van der Waals surface area contributed by atoms with Crippen LogP contribution in [0.3, 0.4) is 0 Å². The maximum Gasteiger partial charge on any atom is 0.0619 e. The lowest BCUT2D eigenvalue weighted by molar-refractivity contribution is 1.18. The second-order valence-electron chi connectivity index (χ2n) is 8.34. The summed E-state index contributed by atoms with van der Waals surface area (Å²) in [5, 5.41) is 2.56. The van der Waals surface area contributed by atoms with Crippen LogP contribution in [-0.2, 0) is 0 Å². The van der Waals surface area contributed by atoms with Crippen LogP contribution in [0.1, 0.15) is 5.56 Å². The quantitative estimate of drug-likeness (QED) is 0.276. The van der Waals surface area contributed by atoms with Crippen molar-refractivity contribution in [1.29, 1.82) is 0 Å². The molecule has 0 aliphatic heterocycles. The number of para-hydroxylation sites is 1. The monoisotopic (exact) mass is 409 g/mol. The lowest BCUT2D eigenvalue weighted by atomic mass is 9.95. The van der Waals surface area contributed by atoms with Gasteiger partial charge in [0.15, 0.2) is 0 Å². The molecule has 0 bridgehead atoms. The second kappa shape index (κ2) is 7.55. The molecule has 0 unspecified atom stereocenters. The molecule has 152 valence electrons. The van der Waals surface area contributed by atoms with Crippen LogP contribution in [0.2, 0.25) is 0 Å². The number of fused-ring (bicyclic) bond motifs is 3. The Morgan fingerprint density at radius 2 is 1.12 bits per heavy atom. The maximum atomic E-state index is 2.43. The first-order valence-corrected chi connectivity index (χ1v) is 11.0. The highest BCUT2D eigenvalue weighted by Crippen LogP contribution is 2.41. The Bertz CT molecular complexity index is 1540. The molecule has 0 saturated carbocycles. The van der Waals surface area contributed by atoms with E-state index in [-0.39, 0.29) is 0 Å². The molecule has 6 aromatic rings. The van der Waals surface area contributed by atoms with Crippen molar-refractivity contribution < 1.29 is 0 Å². The minimum Gasteiger partial charge on any atom is -0.309 e. The van der Waals surface area contributed by atoms with Gasteiger partial charge in [-0.3, -0.25) is 0 Å². The molecule has 32 heavy (non-hydrogen) atoms. The van der Waals surface area contributed by atoms with Crippen LogP contribution in [0.25, 0.3) is 49.7 Å². The zero-order valence-electron chi connectivity index (χ0n) is 18.0. The van der Waals surface area contributed by atoms with Crippen LogP contribution in [0, 0.1) is 6.92 Å². The summed E-state index contributed by atoms with van der Waals surface area (Å²) in [5.41, 5.74) is 9.90. The molecule has 6 rings (SSSR count). The predicted octanol–water partition coefficient (Wildman–Crippen LogP) is 8.43. The molecule has 0 saturated heterocycles. The Hall–Kier alpha value is -4.10. The van der Waals surface area contributed by atoms with Gasteiger partial charge in [-0.2, -0.15) is 0 Å². The summed E-state index contributed by atoms with van der Waals surface area (Å²) in [6.07, 6.45) is 0. The number of nitrogens with zero attached hydrogens (tertiary/aromatic N) is 1. The predicted molar refractivity (Wildman–Crippen MR) is 136 cm³/mol. The molecule has 0 radical (unpaired) electrons. The first-order valence-electron chi connectivity index (χ1n) is 11.0. The Morgan fingerprint density at radius 3 is 1.81 bits per heavy atom. The van der Waals surface area contributed by atoms with Gasteiger partial charge in [0, 0.05) is 22.0 Å². The minimum atomic E-state index is 1.18. The Labute approximate surface area is 188 Å². The van der Waals surface area contributed by atoms with Gasteiger partial charge in [0.25, 0.3) is 0 Å². The Morgan fingerprint density at radius 1 is 0.500 bits per heavy atom. The molecule has 1 heteroatoms. The zero-order valence-corrected chi connectivity index (χ0v) is 18.0. The summed E-state index contributed by atoms with van der Waals surface area (Å²) < 4.78 is 2.43. The molecule has 0 aliphatic rings. The molecular formula is C31H23N. The van der Waals surface area contributed by atoms with Crippen molar-refractivity contribution in [2.75, 3.05) is 0 Å². The zero-order chi connectivity index (χ0) is 21.5. The molecule has 1 aromatic heterocycles. The molecule has 0 fully saturated rings. The fourth-order valence-electron chi connectivity index (χ4n) is 4.74. The van der Waals surface area contributed by atoms with Gasteiger partial charge in [0.05, 0.1) is 11.0 Å². The number of benzene rings is 5. The second-order valence-corrected chi connectivity index (χ2v) is 8.34. The van der Waals surface area contributed by atoms with E-state index in [2.05, 4.69) is 133 Å². The molecule has 0 aliphatic carbocycles. The molecule has 0 amide bonds. The van der Waals surface area contributed by atoms with E-state index in [9.17, 15) is 0 Å². The average Bonchev–Trinajstić information content (AvgIpc) is 3.18. The van der Waals surface area contributed by atoms with E-state index >= 15 is 0 Å². The highest BCUT2D eigenvalue weighted by molar-refractivity contribution is 6.15. The van der Waals surface area contributed by atoms with Crippen molar-refractivity contribution in [1.82, 2.24) is 4.57 Å². The number of aryl methyl sites for hydroxylation is 1. The van der Waals surface area contributed by atoms with Gasteiger partial charge in [-0.15, -0.1) is 0 Å². The van der Waals surface area contributed by atoms with E-state index in [0.29, 0.717) is 0 Å². The van der Waals surface area contributed by atoms with Crippen molar-refractivity contribution >= 4 is 21.8 Å². The van der Waals surface area contributed by atoms with Crippen molar-refractivity contribution in [2.45, 2.75) is 6.92 Å². The van der Waals surface area contributed by atoms with Gasteiger partial charge in [-0.05, 0) is 59.5 Å². The highest BCUT2D eigenvalue weighted by Gasteiger charge is 2.18. The smallest absolute Gasteiger partial charge is 0.0619 e. The summed E-state index contributed by atoms with van der Waals surface area (Å²) >= 11 is 0. The van der Waals surface area contributed by atoms with Crippen molar-refractivity contribution in [3.63, 3.8) is 0 Å². The summed E-state index contributed by atoms with van der Waals surface area (Å²) in [4.78, 5) is 0. The minimum absolute atomic E-state index is 1.18. The third-order valence-corrected chi connectivity index (χ3v) is 6.22.